The first-order valence-corrected chi connectivity index (χ1v) is 12.2. The minimum absolute atomic E-state index is 0.0811. The highest BCUT2D eigenvalue weighted by molar-refractivity contribution is 6.04. The van der Waals surface area contributed by atoms with E-state index in [0.29, 0.717) is 30.8 Å². The van der Waals surface area contributed by atoms with E-state index >= 15 is 0 Å². The van der Waals surface area contributed by atoms with Gasteiger partial charge in [0.05, 0.1) is 29.6 Å². The van der Waals surface area contributed by atoms with Crippen molar-refractivity contribution in [2.75, 3.05) is 43.6 Å². The average Bonchev–Trinajstić information content (AvgIpc) is 3.39. The minimum atomic E-state index is -4.49. The molecule has 2 N–H and O–H groups in total. The van der Waals surface area contributed by atoms with Gasteiger partial charge in [0.15, 0.2) is 0 Å². The summed E-state index contributed by atoms with van der Waals surface area (Å²) in [6.07, 6.45) is -0.408. The molecule has 1 aliphatic heterocycles. The first-order valence-electron chi connectivity index (χ1n) is 12.2. The lowest BCUT2D eigenvalue weighted by Crippen LogP contribution is -2.27. The van der Waals surface area contributed by atoms with Crippen LogP contribution >= 0.6 is 0 Å². The smallest absolute Gasteiger partial charge is 0.383 e. The Labute approximate surface area is 219 Å². The summed E-state index contributed by atoms with van der Waals surface area (Å²) in [5.41, 5.74) is 2.96. The van der Waals surface area contributed by atoms with E-state index < -0.39 is 17.6 Å². The molecule has 4 rings (SSSR count). The van der Waals surface area contributed by atoms with Gasteiger partial charge in [0, 0.05) is 50.1 Å². The fourth-order valence-corrected chi connectivity index (χ4v) is 4.54. The lowest BCUT2D eigenvalue weighted by molar-refractivity contribution is -0.137. The Kier molecular flexibility index (Phi) is 8.31. The number of ether oxygens (including phenoxy) is 1. The molecule has 200 valence electrons. The first-order chi connectivity index (χ1) is 18.2. The van der Waals surface area contributed by atoms with E-state index in [2.05, 4.69) is 20.5 Å². The molecule has 2 heterocycles. The van der Waals surface area contributed by atoms with E-state index in [1.807, 2.05) is 25.1 Å². The van der Waals surface area contributed by atoms with Crippen molar-refractivity contribution in [2.24, 2.45) is 0 Å². The van der Waals surface area contributed by atoms with Crippen LogP contribution in [0.5, 0.6) is 0 Å². The maximum atomic E-state index is 13.0. The number of aromatic nitrogens is 1. The molecule has 0 spiro atoms. The van der Waals surface area contributed by atoms with Gasteiger partial charge >= 0.3 is 6.18 Å². The Hall–Kier alpha value is -3.92. The third-order valence-electron chi connectivity index (χ3n) is 6.56. The van der Waals surface area contributed by atoms with Crippen LogP contribution in [-0.4, -0.2) is 50.1 Å². The Morgan fingerprint density at radius 1 is 1.08 bits per heavy atom. The summed E-state index contributed by atoms with van der Waals surface area (Å²) in [5, 5.41) is 5.36. The summed E-state index contributed by atoms with van der Waals surface area (Å²) in [7, 11) is 1.57. The van der Waals surface area contributed by atoms with Crippen LogP contribution in [0.3, 0.4) is 0 Å². The largest absolute Gasteiger partial charge is 0.416 e. The molecule has 1 aliphatic rings. The molecule has 1 aromatic heterocycles. The molecule has 2 amide bonds. The number of aryl methyl sites for hydroxylation is 1. The van der Waals surface area contributed by atoms with Crippen LogP contribution in [0.1, 0.15) is 49.7 Å². The van der Waals surface area contributed by atoms with Crippen molar-refractivity contribution in [3.8, 4) is 0 Å². The van der Waals surface area contributed by atoms with Crippen LogP contribution < -0.4 is 15.5 Å². The normalized spacial score (nSPS) is 15.4. The highest BCUT2D eigenvalue weighted by Gasteiger charge is 2.31. The van der Waals surface area contributed by atoms with Gasteiger partial charge in [-0.05, 0) is 60.9 Å². The van der Waals surface area contributed by atoms with Gasteiger partial charge < -0.3 is 20.3 Å². The average molecular weight is 527 g/mol. The van der Waals surface area contributed by atoms with Gasteiger partial charge in [-0.2, -0.15) is 13.2 Å². The number of carbonyl (C=O) groups is 2. The molecule has 1 atom stereocenters. The number of amides is 2. The van der Waals surface area contributed by atoms with Crippen LogP contribution in [-0.2, 0) is 10.9 Å². The summed E-state index contributed by atoms with van der Waals surface area (Å²) in [6.45, 7) is 4.22. The van der Waals surface area contributed by atoms with Gasteiger partial charge in [0.1, 0.15) is 0 Å². The number of benzene rings is 2. The number of rotatable bonds is 8. The molecule has 7 nitrogen and oxygen atoms in total. The molecule has 0 bridgehead atoms. The van der Waals surface area contributed by atoms with E-state index in [0.717, 1.165) is 41.9 Å². The Balaban J connectivity index is 1.46. The number of halogens is 3. The second-order valence-corrected chi connectivity index (χ2v) is 9.22. The lowest BCUT2D eigenvalue weighted by Gasteiger charge is -2.20. The maximum absolute atomic E-state index is 13.0. The van der Waals surface area contributed by atoms with Crippen molar-refractivity contribution < 1.29 is 27.5 Å². The highest BCUT2D eigenvalue weighted by atomic mass is 19.4. The number of alkyl halides is 3. The quantitative estimate of drug-likeness (QED) is 0.403. The molecule has 38 heavy (non-hydrogen) atoms. The van der Waals surface area contributed by atoms with Crippen LogP contribution in [0.2, 0.25) is 0 Å². The van der Waals surface area contributed by atoms with Gasteiger partial charge in [0.25, 0.3) is 11.8 Å². The van der Waals surface area contributed by atoms with Crippen LogP contribution in [0, 0.1) is 6.92 Å². The minimum Gasteiger partial charge on any atom is -0.383 e. The molecule has 0 saturated carbocycles. The molecule has 1 unspecified atom stereocenters. The molecule has 1 fully saturated rings. The number of methoxy groups -OCH3 is 1. The number of anilines is 2. The molecular formula is C28H29F3N4O3. The van der Waals surface area contributed by atoms with Crippen molar-refractivity contribution in [3.05, 3.63) is 88.7 Å². The van der Waals surface area contributed by atoms with Crippen LogP contribution in [0.15, 0.2) is 60.9 Å². The molecule has 1 saturated heterocycles. The number of nitrogens with one attached hydrogen (secondary N) is 2. The molecular weight excluding hydrogens is 497 g/mol. The summed E-state index contributed by atoms with van der Waals surface area (Å²) >= 11 is 0. The first kappa shape index (κ1) is 27.1. The standard InChI is InChI=1S/C28H29F3N4O3/c1-18-6-7-19(27(37)34-23-5-3-4-22(14-23)28(29,30)31)13-25(18)20-8-10-35(17-20)24-12-21(15-32-16-24)26(36)33-9-11-38-2/h3-7,12-16,20H,8-11,17H2,1-2H3,(H,33,36)(H,34,37). The number of nitrogens with zero attached hydrogens (tertiary/aromatic N) is 2. The molecule has 10 heteroatoms. The topological polar surface area (TPSA) is 83.6 Å². The zero-order valence-electron chi connectivity index (χ0n) is 21.1. The number of hydrogen-bond donors (Lipinski definition) is 2. The fourth-order valence-electron chi connectivity index (χ4n) is 4.54. The van der Waals surface area contributed by atoms with Gasteiger partial charge in [-0.3, -0.25) is 14.6 Å². The molecule has 0 aliphatic carbocycles. The molecule has 3 aromatic rings. The van der Waals surface area contributed by atoms with Crippen molar-refractivity contribution >= 4 is 23.2 Å². The fraction of sp³-hybridized carbons (Fsp3) is 0.321. The Morgan fingerprint density at radius 3 is 2.66 bits per heavy atom. The number of pyridine rings is 1. The van der Waals surface area contributed by atoms with Gasteiger partial charge in [0.2, 0.25) is 0 Å². The van der Waals surface area contributed by atoms with E-state index in [1.54, 1.807) is 19.4 Å². The van der Waals surface area contributed by atoms with E-state index in [1.165, 1.54) is 18.3 Å². The Bertz CT molecular complexity index is 1310. The zero-order valence-corrected chi connectivity index (χ0v) is 21.1. The molecule has 0 radical (unpaired) electrons. The van der Waals surface area contributed by atoms with Crippen molar-refractivity contribution in [1.29, 1.82) is 0 Å². The van der Waals surface area contributed by atoms with E-state index in [4.69, 9.17) is 4.74 Å². The highest BCUT2D eigenvalue weighted by Crippen LogP contribution is 2.34. The van der Waals surface area contributed by atoms with E-state index in [9.17, 15) is 22.8 Å². The number of carbonyl (C=O) groups excluding carboxylic acids is 2. The van der Waals surface area contributed by atoms with Crippen molar-refractivity contribution in [1.82, 2.24) is 10.3 Å². The third-order valence-corrected chi connectivity index (χ3v) is 6.56. The van der Waals surface area contributed by atoms with Crippen LogP contribution in [0.4, 0.5) is 24.5 Å². The van der Waals surface area contributed by atoms with Crippen LogP contribution in [0.25, 0.3) is 0 Å². The summed E-state index contributed by atoms with van der Waals surface area (Å²) < 4.78 is 44.1. The van der Waals surface area contributed by atoms with Crippen molar-refractivity contribution in [3.63, 3.8) is 0 Å². The lowest BCUT2D eigenvalue weighted by atomic mass is 9.92. The Morgan fingerprint density at radius 2 is 1.89 bits per heavy atom. The van der Waals surface area contributed by atoms with Gasteiger partial charge in [-0.15, -0.1) is 0 Å². The predicted molar refractivity (Wildman–Crippen MR) is 139 cm³/mol. The summed E-state index contributed by atoms with van der Waals surface area (Å²) in [4.78, 5) is 31.7. The second kappa shape index (κ2) is 11.6. The van der Waals surface area contributed by atoms with Crippen molar-refractivity contribution in [2.45, 2.75) is 25.4 Å². The molecule has 2 aromatic carbocycles. The number of hydrogen-bond acceptors (Lipinski definition) is 5. The maximum Gasteiger partial charge on any atom is 0.416 e. The predicted octanol–water partition coefficient (Wildman–Crippen LogP) is 5.03. The van der Waals surface area contributed by atoms with E-state index in [-0.39, 0.29) is 17.5 Å². The van der Waals surface area contributed by atoms with Gasteiger partial charge in [-0.25, -0.2) is 0 Å². The third kappa shape index (κ3) is 6.49. The van der Waals surface area contributed by atoms with Gasteiger partial charge in [-0.1, -0.05) is 12.1 Å². The monoisotopic (exact) mass is 526 g/mol. The zero-order chi connectivity index (χ0) is 27.3. The summed E-state index contributed by atoms with van der Waals surface area (Å²) in [5.74, 6) is -0.560. The SMILES string of the molecule is COCCNC(=O)c1cncc(N2CCC(c3cc(C(=O)Nc4cccc(C(F)(F)F)c4)ccc3C)C2)c1. The summed E-state index contributed by atoms with van der Waals surface area (Å²) in [6, 6.07) is 11.7. The second-order valence-electron chi connectivity index (χ2n) is 9.22.